The zero-order valence-corrected chi connectivity index (χ0v) is 16.8. The summed E-state index contributed by atoms with van der Waals surface area (Å²) in [7, 11) is 2.08. The van der Waals surface area contributed by atoms with Gasteiger partial charge in [-0.1, -0.05) is 43.8 Å². The standard InChI is InChI=1S/C24H22N2OS/c1-15(16(2)27)24-25(3)20-9-5-6-10-21(20)26(24)17-12-13-23-19(14-17)18-8-4-7-11-22(18)28-23/h4-15,24,27H,2H2,1,3H3. The van der Waals surface area contributed by atoms with E-state index in [2.05, 4.69) is 90.2 Å². The Labute approximate surface area is 168 Å². The van der Waals surface area contributed by atoms with Crippen molar-refractivity contribution in [3.05, 3.63) is 79.1 Å². The van der Waals surface area contributed by atoms with Gasteiger partial charge >= 0.3 is 0 Å². The van der Waals surface area contributed by atoms with Crippen LogP contribution in [0.25, 0.3) is 20.2 Å². The Morgan fingerprint density at radius 3 is 2.43 bits per heavy atom. The molecule has 0 saturated heterocycles. The summed E-state index contributed by atoms with van der Waals surface area (Å²) in [6.07, 6.45) is -0.0303. The number of hydrogen-bond acceptors (Lipinski definition) is 4. The highest BCUT2D eigenvalue weighted by Gasteiger charge is 2.39. The molecule has 4 aromatic rings. The van der Waals surface area contributed by atoms with Crippen molar-refractivity contribution in [1.29, 1.82) is 0 Å². The second-order valence-electron chi connectivity index (χ2n) is 7.44. The molecule has 0 saturated carbocycles. The van der Waals surface area contributed by atoms with E-state index in [1.54, 1.807) is 0 Å². The van der Waals surface area contributed by atoms with Crippen molar-refractivity contribution in [2.75, 3.05) is 16.8 Å². The largest absolute Gasteiger partial charge is 0.513 e. The molecule has 1 aromatic heterocycles. The third kappa shape index (κ3) is 2.41. The van der Waals surface area contributed by atoms with E-state index in [0.29, 0.717) is 0 Å². The van der Waals surface area contributed by atoms with E-state index in [-0.39, 0.29) is 17.8 Å². The highest BCUT2D eigenvalue weighted by Crippen LogP contribution is 2.47. The minimum atomic E-state index is -0.104. The lowest BCUT2D eigenvalue weighted by molar-refractivity contribution is 0.316. The quantitative estimate of drug-likeness (QED) is 0.398. The zero-order valence-electron chi connectivity index (χ0n) is 16.0. The maximum atomic E-state index is 10.2. The molecule has 5 rings (SSSR count). The van der Waals surface area contributed by atoms with Gasteiger partial charge < -0.3 is 14.9 Å². The Kier molecular flexibility index (Phi) is 3.84. The van der Waals surface area contributed by atoms with E-state index < -0.39 is 0 Å². The molecule has 140 valence electrons. The average molecular weight is 387 g/mol. The lowest BCUT2D eigenvalue weighted by atomic mass is 10.0. The molecule has 0 fully saturated rings. The van der Waals surface area contributed by atoms with Crippen molar-refractivity contribution < 1.29 is 5.11 Å². The maximum Gasteiger partial charge on any atom is 0.116 e. The highest BCUT2D eigenvalue weighted by molar-refractivity contribution is 7.25. The molecule has 3 aromatic carbocycles. The van der Waals surface area contributed by atoms with Gasteiger partial charge in [-0.25, -0.2) is 0 Å². The van der Waals surface area contributed by atoms with Gasteiger partial charge in [0, 0.05) is 32.9 Å². The molecule has 4 heteroatoms. The molecule has 28 heavy (non-hydrogen) atoms. The summed E-state index contributed by atoms with van der Waals surface area (Å²) in [5.74, 6) is 0.101. The zero-order chi connectivity index (χ0) is 19.4. The topological polar surface area (TPSA) is 26.7 Å². The number of nitrogens with zero attached hydrogens (tertiary/aromatic N) is 2. The Balaban J connectivity index is 1.73. The van der Waals surface area contributed by atoms with Crippen LogP contribution in [0.3, 0.4) is 0 Å². The van der Waals surface area contributed by atoms with Gasteiger partial charge in [-0.15, -0.1) is 11.3 Å². The van der Waals surface area contributed by atoms with E-state index in [9.17, 15) is 5.11 Å². The SMILES string of the molecule is C=C(O)C(C)C1N(C)c2ccccc2N1c1ccc2sc3ccccc3c2c1. The Bertz CT molecular complexity index is 1210. The van der Waals surface area contributed by atoms with E-state index in [1.807, 2.05) is 18.3 Å². The summed E-state index contributed by atoms with van der Waals surface area (Å²) in [6, 6.07) is 23.7. The van der Waals surface area contributed by atoms with Crippen LogP contribution >= 0.6 is 11.3 Å². The Morgan fingerprint density at radius 1 is 0.964 bits per heavy atom. The maximum absolute atomic E-state index is 10.2. The molecule has 0 spiro atoms. The predicted octanol–water partition coefficient (Wildman–Crippen LogP) is 6.68. The van der Waals surface area contributed by atoms with Gasteiger partial charge in [-0.05, 0) is 36.4 Å². The van der Waals surface area contributed by atoms with Crippen LogP contribution in [0.15, 0.2) is 79.1 Å². The summed E-state index contributed by atoms with van der Waals surface area (Å²) < 4.78 is 2.60. The summed E-state index contributed by atoms with van der Waals surface area (Å²) in [5.41, 5.74) is 3.45. The number of aliphatic hydroxyl groups excluding tert-OH is 1. The van der Waals surface area contributed by atoms with Crippen LogP contribution in [0.2, 0.25) is 0 Å². The predicted molar refractivity (Wildman–Crippen MR) is 121 cm³/mol. The Hall–Kier alpha value is -2.98. The smallest absolute Gasteiger partial charge is 0.116 e. The fourth-order valence-corrected chi connectivity index (χ4v) is 5.40. The molecule has 0 radical (unpaired) electrons. The normalized spacial score (nSPS) is 17.3. The number of hydrogen-bond donors (Lipinski definition) is 1. The van der Waals surface area contributed by atoms with E-state index in [4.69, 9.17) is 0 Å². The first-order valence-corrected chi connectivity index (χ1v) is 10.3. The molecule has 2 atom stereocenters. The molecule has 2 unspecified atom stereocenters. The van der Waals surface area contributed by atoms with Gasteiger partial charge in [-0.3, -0.25) is 0 Å². The van der Waals surface area contributed by atoms with Gasteiger partial charge in [0.15, 0.2) is 0 Å². The third-order valence-corrected chi connectivity index (χ3v) is 6.95. The van der Waals surface area contributed by atoms with Crippen molar-refractivity contribution in [3.63, 3.8) is 0 Å². The van der Waals surface area contributed by atoms with Gasteiger partial charge in [0.1, 0.15) is 6.17 Å². The van der Waals surface area contributed by atoms with Crippen molar-refractivity contribution in [1.82, 2.24) is 0 Å². The van der Waals surface area contributed by atoms with Crippen LogP contribution in [0.5, 0.6) is 0 Å². The molecule has 3 nitrogen and oxygen atoms in total. The second kappa shape index (κ2) is 6.28. The molecular weight excluding hydrogens is 364 g/mol. The van der Waals surface area contributed by atoms with Crippen molar-refractivity contribution in [2.24, 2.45) is 5.92 Å². The first kappa shape index (κ1) is 17.1. The molecular formula is C24H22N2OS. The second-order valence-corrected chi connectivity index (χ2v) is 8.53. The van der Waals surface area contributed by atoms with Gasteiger partial charge in [0.25, 0.3) is 0 Å². The van der Waals surface area contributed by atoms with Gasteiger partial charge in [-0.2, -0.15) is 0 Å². The van der Waals surface area contributed by atoms with Crippen LogP contribution in [0.4, 0.5) is 17.1 Å². The number of benzene rings is 3. The van der Waals surface area contributed by atoms with Gasteiger partial charge in [0.2, 0.25) is 0 Å². The summed E-state index contributed by atoms with van der Waals surface area (Å²) in [6.45, 7) is 5.84. The lowest BCUT2D eigenvalue weighted by Gasteiger charge is -2.35. The van der Waals surface area contributed by atoms with E-state index in [0.717, 1.165) is 17.1 Å². The summed E-state index contributed by atoms with van der Waals surface area (Å²) >= 11 is 1.83. The third-order valence-electron chi connectivity index (χ3n) is 5.79. The van der Waals surface area contributed by atoms with Crippen LogP contribution in [-0.2, 0) is 0 Å². The summed E-state index contributed by atoms with van der Waals surface area (Å²) in [5, 5.41) is 12.7. The molecule has 2 heterocycles. The fourth-order valence-electron chi connectivity index (χ4n) is 4.31. The van der Waals surface area contributed by atoms with Crippen LogP contribution < -0.4 is 9.80 Å². The number of aliphatic hydroxyl groups is 1. The molecule has 0 amide bonds. The first-order valence-electron chi connectivity index (χ1n) is 9.46. The van der Waals surface area contributed by atoms with Crippen molar-refractivity contribution in [2.45, 2.75) is 13.1 Å². The number of rotatable bonds is 3. The van der Waals surface area contributed by atoms with Crippen molar-refractivity contribution in [3.8, 4) is 0 Å². The number of fused-ring (bicyclic) bond motifs is 4. The molecule has 1 aliphatic rings. The number of anilines is 3. The van der Waals surface area contributed by atoms with Crippen LogP contribution in [-0.4, -0.2) is 18.3 Å². The first-order chi connectivity index (χ1) is 13.6. The highest BCUT2D eigenvalue weighted by atomic mass is 32.1. The minimum absolute atomic E-state index is 0.0303. The average Bonchev–Trinajstić information content (AvgIpc) is 3.22. The molecule has 1 aliphatic heterocycles. The molecule has 0 aliphatic carbocycles. The van der Waals surface area contributed by atoms with Gasteiger partial charge in [0.05, 0.1) is 23.1 Å². The Morgan fingerprint density at radius 2 is 1.64 bits per heavy atom. The van der Waals surface area contributed by atoms with E-state index >= 15 is 0 Å². The fraction of sp³-hybridized carbons (Fsp3) is 0.167. The molecule has 0 bridgehead atoms. The van der Waals surface area contributed by atoms with Crippen molar-refractivity contribution >= 4 is 48.6 Å². The van der Waals surface area contributed by atoms with Crippen LogP contribution in [0, 0.1) is 5.92 Å². The number of thiophene rings is 1. The van der Waals surface area contributed by atoms with E-state index in [1.165, 1.54) is 20.2 Å². The monoisotopic (exact) mass is 386 g/mol. The minimum Gasteiger partial charge on any atom is -0.513 e. The lowest BCUT2D eigenvalue weighted by Crippen LogP contribution is -2.44. The molecule has 1 N–H and O–H groups in total. The van der Waals surface area contributed by atoms with Crippen LogP contribution in [0.1, 0.15) is 6.92 Å². The summed E-state index contributed by atoms with van der Waals surface area (Å²) in [4.78, 5) is 4.56. The number of para-hydroxylation sites is 2.